The van der Waals surface area contributed by atoms with E-state index in [-0.39, 0.29) is 5.41 Å². The smallest absolute Gasteiger partial charge is 0.143 e. The Morgan fingerprint density at radius 2 is 1.89 bits per heavy atom. The predicted molar refractivity (Wildman–Crippen MR) is 78.2 cm³/mol. The van der Waals surface area contributed by atoms with Crippen LogP contribution in [0, 0.1) is 17.3 Å². The molecule has 0 aromatic rings. The lowest BCUT2D eigenvalue weighted by Crippen LogP contribution is -2.38. The Kier molecular flexibility index (Phi) is 2.68. The van der Waals surface area contributed by atoms with Crippen molar-refractivity contribution in [2.75, 3.05) is 0 Å². The van der Waals surface area contributed by atoms with Gasteiger partial charge in [-0.3, -0.25) is 4.79 Å². The highest BCUT2D eigenvalue weighted by atomic mass is 28.3. The molecule has 1 unspecified atom stereocenters. The van der Waals surface area contributed by atoms with Gasteiger partial charge in [-0.05, 0) is 43.9 Å². The third-order valence-corrected chi connectivity index (χ3v) is 8.10. The van der Waals surface area contributed by atoms with Gasteiger partial charge in [-0.2, -0.15) is 0 Å². The lowest BCUT2D eigenvalue weighted by Gasteiger charge is -2.37. The van der Waals surface area contributed by atoms with Gasteiger partial charge in [0.2, 0.25) is 0 Å². The number of carbonyl (C=O) groups is 1. The van der Waals surface area contributed by atoms with Gasteiger partial charge in [0.15, 0.2) is 0 Å². The summed E-state index contributed by atoms with van der Waals surface area (Å²) in [5.74, 6) is 1.98. The maximum Gasteiger partial charge on any atom is 0.143 e. The molecular formula is C16H26OSi. The maximum atomic E-state index is 12.7. The summed E-state index contributed by atoms with van der Waals surface area (Å²) < 4.78 is 0. The van der Waals surface area contributed by atoms with Gasteiger partial charge in [0.1, 0.15) is 5.78 Å². The monoisotopic (exact) mass is 262 g/mol. The minimum atomic E-state index is -1.26. The van der Waals surface area contributed by atoms with E-state index in [4.69, 9.17) is 0 Å². The van der Waals surface area contributed by atoms with Crippen LogP contribution in [0.3, 0.4) is 0 Å². The molecule has 3 rings (SSSR count). The van der Waals surface area contributed by atoms with Gasteiger partial charge < -0.3 is 0 Å². The molecule has 1 spiro atoms. The molecule has 3 atom stereocenters. The molecule has 100 valence electrons. The minimum absolute atomic E-state index is 0.0350. The third kappa shape index (κ3) is 1.47. The van der Waals surface area contributed by atoms with E-state index < -0.39 is 8.07 Å². The second kappa shape index (κ2) is 3.81. The van der Waals surface area contributed by atoms with Crippen molar-refractivity contribution in [3.8, 4) is 0 Å². The van der Waals surface area contributed by atoms with Crippen molar-refractivity contribution in [3.63, 3.8) is 0 Å². The van der Waals surface area contributed by atoms with Gasteiger partial charge in [0.25, 0.3) is 0 Å². The SMILES string of the molecule is CC1C[C@]23C(=O)CCC[C@H]2CCC3=C1[Si](C)(C)C. The predicted octanol–water partition coefficient (Wildman–Crippen LogP) is 4.35. The third-order valence-electron chi connectivity index (χ3n) is 5.69. The van der Waals surface area contributed by atoms with E-state index >= 15 is 0 Å². The van der Waals surface area contributed by atoms with Crippen LogP contribution in [0.15, 0.2) is 10.8 Å². The summed E-state index contributed by atoms with van der Waals surface area (Å²) in [5.41, 5.74) is 1.68. The second-order valence-corrected chi connectivity index (χ2v) is 12.8. The lowest BCUT2D eigenvalue weighted by atomic mass is 9.65. The highest BCUT2D eigenvalue weighted by molar-refractivity contribution is 6.83. The van der Waals surface area contributed by atoms with Gasteiger partial charge in [-0.15, -0.1) is 0 Å². The number of hydrogen-bond acceptors (Lipinski definition) is 1. The van der Waals surface area contributed by atoms with Crippen molar-refractivity contribution in [1.29, 1.82) is 0 Å². The normalized spacial score (nSPS) is 40.1. The Labute approximate surface area is 112 Å². The molecule has 1 nitrogen and oxygen atoms in total. The number of rotatable bonds is 1. The Morgan fingerprint density at radius 1 is 1.17 bits per heavy atom. The molecule has 0 radical (unpaired) electrons. The van der Waals surface area contributed by atoms with Crippen molar-refractivity contribution in [1.82, 2.24) is 0 Å². The number of Topliss-reactive ketones (excluding diaryl/α,β-unsaturated/α-hetero) is 1. The van der Waals surface area contributed by atoms with Crippen LogP contribution in [-0.4, -0.2) is 13.9 Å². The molecule has 18 heavy (non-hydrogen) atoms. The molecule has 2 heteroatoms. The van der Waals surface area contributed by atoms with Crippen LogP contribution in [0.25, 0.3) is 0 Å². The summed E-state index contributed by atoms with van der Waals surface area (Å²) in [7, 11) is -1.26. The molecule has 0 aliphatic heterocycles. The molecule has 0 bridgehead atoms. The Balaban J connectivity index is 2.14. The van der Waals surface area contributed by atoms with Crippen LogP contribution in [0.5, 0.6) is 0 Å². The first-order valence-electron chi connectivity index (χ1n) is 7.64. The molecule has 0 aromatic carbocycles. The van der Waals surface area contributed by atoms with Crippen molar-refractivity contribution < 1.29 is 4.79 Å². The van der Waals surface area contributed by atoms with Crippen LogP contribution in [-0.2, 0) is 4.79 Å². The number of carbonyl (C=O) groups excluding carboxylic acids is 1. The fraction of sp³-hybridized carbons (Fsp3) is 0.812. The van der Waals surface area contributed by atoms with E-state index in [1.807, 2.05) is 0 Å². The highest BCUT2D eigenvalue weighted by Crippen LogP contribution is 2.63. The van der Waals surface area contributed by atoms with Gasteiger partial charge in [0, 0.05) is 6.42 Å². The van der Waals surface area contributed by atoms with E-state index in [1.54, 1.807) is 10.8 Å². The Bertz CT molecular complexity index is 429. The molecule has 0 N–H and O–H groups in total. The van der Waals surface area contributed by atoms with Gasteiger partial charge in [0.05, 0.1) is 13.5 Å². The van der Waals surface area contributed by atoms with Crippen molar-refractivity contribution in [2.45, 2.75) is 65.1 Å². The molecule has 2 saturated carbocycles. The van der Waals surface area contributed by atoms with Crippen molar-refractivity contribution in [2.24, 2.45) is 17.3 Å². The standard InChI is InChI=1S/C16H26OSi/c1-11-10-16-12(6-5-7-14(16)17)8-9-13(16)15(11)18(2,3)4/h11-12H,5-10H2,1-4H3/t11?,12-,16-/m0/s1. The zero-order valence-corrected chi connectivity index (χ0v) is 13.3. The molecule has 2 fully saturated rings. The van der Waals surface area contributed by atoms with E-state index in [1.165, 1.54) is 19.3 Å². The fourth-order valence-electron chi connectivity index (χ4n) is 5.41. The summed E-state index contributed by atoms with van der Waals surface area (Å²) in [6, 6.07) is 0. The summed E-state index contributed by atoms with van der Waals surface area (Å²) in [4.78, 5) is 12.7. The largest absolute Gasteiger partial charge is 0.299 e. The summed E-state index contributed by atoms with van der Waals surface area (Å²) >= 11 is 0. The maximum absolute atomic E-state index is 12.7. The minimum Gasteiger partial charge on any atom is -0.299 e. The molecule has 3 aliphatic rings. The fourth-order valence-corrected chi connectivity index (χ4v) is 8.24. The van der Waals surface area contributed by atoms with E-state index in [9.17, 15) is 4.79 Å². The highest BCUT2D eigenvalue weighted by Gasteiger charge is 2.58. The summed E-state index contributed by atoms with van der Waals surface area (Å²) in [6.45, 7) is 9.77. The first-order valence-corrected chi connectivity index (χ1v) is 11.1. The first-order chi connectivity index (χ1) is 8.37. The molecule has 0 saturated heterocycles. The van der Waals surface area contributed by atoms with Crippen LogP contribution in [0.1, 0.15) is 45.4 Å². The average molecular weight is 262 g/mol. The number of hydrogen-bond donors (Lipinski definition) is 0. The molecular weight excluding hydrogens is 236 g/mol. The van der Waals surface area contributed by atoms with Crippen LogP contribution in [0.4, 0.5) is 0 Å². The van der Waals surface area contributed by atoms with Gasteiger partial charge in [-0.25, -0.2) is 0 Å². The lowest BCUT2D eigenvalue weighted by molar-refractivity contribution is -0.131. The van der Waals surface area contributed by atoms with Crippen LogP contribution >= 0.6 is 0 Å². The van der Waals surface area contributed by atoms with Crippen molar-refractivity contribution in [3.05, 3.63) is 10.8 Å². The Morgan fingerprint density at radius 3 is 2.56 bits per heavy atom. The summed E-state index contributed by atoms with van der Waals surface area (Å²) in [6.07, 6.45) is 7.00. The zero-order chi connectivity index (χ0) is 13.1. The van der Waals surface area contributed by atoms with Gasteiger partial charge in [-0.1, -0.05) is 37.3 Å². The first kappa shape index (κ1) is 12.7. The topological polar surface area (TPSA) is 17.1 Å². The van der Waals surface area contributed by atoms with E-state index in [0.29, 0.717) is 17.6 Å². The molecule has 0 heterocycles. The van der Waals surface area contributed by atoms with Gasteiger partial charge >= 0.3 is 0 Å². The van der Waals surface area contributed by atoms with E-state index in [0.717, 1.165) is 19.3 Å². The summed E-state index contributed by atoms with van der Waals surface area (Å²) in [5, 5.41) is 1.76. The molecule has 0 aromatic heterocycles. The molecule has 3 aliphatic carbocycles. The second-order valence-electron chi connectivity index (χ2n) is 7.77. The van der Waals surface area contributed by atoms with E-state index in [2.05, 4.69) is 26.6 Å². The molecule has 0 amide bonds. The Hall–Kier alpha value is -0.373. The zero-order valence-electron chi connectivity index (χ0n) is 12.3. The van der Waals surface area contributed by atoms with Crippen molar-refractivity contribution >= 4 is 13.9 Å². The van der Waals surface area contributed by atoms with Crippen LogP contribution < -0.4 is 0 Å². The van der Waals surface area contributed by atoms with Crippen LogP contribution in [0.2, 0.25) is 19.6 Å². The number of ketones is 1. The quantitative estimate of drug-likeness (QED) is 0.642. The number of allylic oxidation sites excluding steroid dienone is 2. The average Bonchev–Trinajstić information content (AvgIpc) is 2.71.